The molecule has 6 nitrogen and oxygen atoms in total. The summed E-state index contributed by atoms with van der Waals surface area (Å²) in [4.78, 5) is 12.5. The third-order valence-electron chi connectivity index (χ3n) is 10.4. The minimum absolute atomic E-state index is 0.283. The van der Waals surface area contributed by atoms with E-state index in [1.165, 1.54) is 186 Å². The quantitative estimate of drug-likeness (QED) is 0.0328. The summed E-state index contributed by atoms with van der Waals surface area (Å²) in [6.45, 7) is 4.54. The zero-order valence-corrected chi connectivity index (χ0v) is 35.3. The van der Waals surface area contributed by atoms with E-state index in [1.54, 1.807) is 0 Å². The highest BCUT2D eigenvalue weighted by atomic mass is 32.2. The molecule has 0 bridgehead atoms. The summed E-state index contributed by atoms with van der Waals surface area (Å²) in [5.74, 6) is -0.989. The highest BCUT2D eigenvalue weighted by molar-refractivity contribution is 7.85. The predicted octanol–water partition coefficient (Wildman–Crippen LogP) is 13.5. The van der Waals surface area contributed by atoms with Gasteiger partial charge in [-0.2, -0.15) is 8.42 Å². The van der Waals surface area contributed by atoms with Crippen molar-refractivity contribution >= 4 is 16.0 Å². The molecule has 0 aliphatic rings. The van der Waals surface area contributed by atoms with Gasteiger partial charge in [-0.3, -0.25) is 9.35 Å². The van der Waals surface area contributed by atoms with E-state index in [0.29, 0.717) is 6.42 Å². The zero-order chi connectivity index (χ0) is 38.2. The first-order valence-corrected chi connectivity index (χ1v) is 24.1. The molecule has 0 saturated carbocycles. The van der Waals surface area contributed by atoms with Gasteiger partial charge in [-0.05, 0) is 32.1 Å². The van der Waals surface area contributed by atoms with Crippen molar-refractivity contribution in [3.05, 3.63) is 24.3 Å². The number of carbonyl (C=O) groups excluding carboxylic acids is 1. The molecule has 7 heteroatoms. The summed E-state index contributed by atoms with van der Waals surface area (Å²) in [5, 5.41) is 13.2. The Labute approximate surface area is 324 Å². The number of carbonyl (C=O) groups is 1. The lowest BCUT2D eigenvalue weighted by Gasteiger charge is -2.21. The Kier molecular flexibility index (Phi) is 38.6. The summed E-state index contributed by atoms with van der Waals surface area (Å²) < 4.78 is 32.5. The molecule has 0 aliphatic heterocycles. The maximum absolute atomic E-state index is 12.5. The molecular weight excluding hydrogens is 667 g/mol. The smallest absolute Gasteiger partial charge is 0.267 e. The zero-order valence-electron chi connectivity index (χ0n) is 34.4. The molecule has 0 rings (SSSR count). The molecule has 308 valence electrons. The van der Waals surface area contributed by atoms with Crippen molar-refractivity contribution in [1.29, 1.82) is 0 Å². The van der Waals surface area contributed by atoms with Crippen LogP contribution in [-0.4, -0.2) is 41.9 Å². The van der Waals surface area contributed by atoms with Gasteiger partial charge in [-0.15, -0.1) is 0 Å². The molecule has 52 heavy (non-hydrogen) atoms. The standard InChI is InChI=1S/C45H87NO5S/c1-3-5-7-9-11-13-15-17-19-21-22-23-25-27-29-31-33-35-37-39-41-45(48)46-43(42-52(49,50)51)44(47)40-38-36-34-32-30-28-26-24-20-18-16-14-12-10-8-6-4-2/h30,32,38,40,43-44,47H,3-29,31,33-37,39,41-42H2,1-2H3,(H,46,48)(H,49,50,51)/b32-30+,40-38+. The van der Waals surface area contributed by atoms with Crippen LogP contribution in [0.4, 0.5) is 0 Å². The molecule has 0 spiro atoms. The SMILES string of the molecule is CCCCCCCCCCCCC/C=C/CC/C=C/C(O)C(CS(=O)(=O)O)NC(=O)CCCCCCCCCCCCCCCCCCCCCC. The minimum Gasteiger partial charge on any atom is -0.387 e. The van der Waals surface area contributed by atoms with Gasteiger partial charge in [0, 0.05) is 6.42 Å². The van der Waals surface area contributed by atoms with Crippen molar-refractivity contribution in [3.63, 3.8) is 0 Å². The second-order valence-corrected chi connectivity index (χ2v) is 17.2. The fourth-order valence-electron chi connectivity index (χ4n) is 7.00. The molecule has 0 radical (unpaired) electrons. The molecule has 0 aromatic carbocycles. The summed E-state index contributed by atoms with van der Waals surface area (Å²) >= 11 is 0. The van der Waals surface area contributed by atoms with Crippen molar-refractivity contribution < 1.29 is 22.9 Å². The Hall–Kier alpha value is -1.18. The van der Waals surface area contributed by atoms with Crippen molar-refractivity contribution in [2.45, 2.75) is 251 Å². The molecule has 0 fully saturated rings. The van der Waals surface area contributed by atoms with Crippen LogP contribution in [0.2, 0.25) is 0 Å². The van der Waals surface area contributed by atoms with Crippen LogP contribution < -0.4 is 5.32 Å². The Balaban J connectivity index is 3.87. The predicted molar refractivity (Wildman–Crippen MR) is 226 cm³/mol. The first-order chi connectivity index (χ1) is 25.3. The molecule has 0 aliphatic carbocycles. The maximum atomic E-state index is 12.5. The lowest BCUT2D eigenvalue weighted by atomic mass is 10.0. The maximum Gasteiger partial charge on any atom is 0.267 e. The highest BCUT2D eigenvalue weighted by Gasteiger charge is 2.24. The van der Waals surface area contributed by atoms with E-state index in [0.717, 1.165) is 38.5 Å². The first kappa shape index (κ1) is 50.8. The Morgan fingerprint density at radius 2 is 0.827 bits per heavy atom. The summed E-state index contributed by atoms with van der Waals surface area (Å²) in [6.07, 6.45) is 50.3. The number of hydrogen-bond donors (Lipinski definition) is 3. The Morgan fingerprint density at radius 3 is 1.21 bits per heavy atom. The lowest BCUT2D eigenvalue weighted by Crippen LogP contribution is -2.46. The van der Waals surface area contributed by atoms with Crippen molar-refractivity contribution in [2.24, 2.45) is 0 Å². The van der Waals surface area contributed by atoms with Gasteiger partial charge < -0.3 is 10.4 Å². The van der Waals surface area contributed by atoms with E-state index in [1.807, 2.05) is 6.08 Å². The largest absolute Gasteiger partial charge is 0.387 e. The lowest BCUT2D eigenvalue weighted by molar-refractivity contribution is -0.122. The number of aliphatic hydroxyl groups is 1. The number of allylic oxidation sites excluding steroid dienone is 3. The van der Waals surface area contributed by atoms with Gasteiger partial charge in [0.2, 0.25) is 5.91 Å². The van der Waals surface area contributed by atoms with E-state index < -0.39 is 28.0 Å². The molecule has 0 saturated heterocycles. The molecule has 0 heterocycles. The van der Waals surface area contributed by atoms with E-state index >= 15 is 0 Å². The topological polar surface area (TPSA) is 104 Å². The van der Waals surface area contributed by atoms with Gasteiger partial charge in [0.15, 0.2) is 0 Å². The van der Waals surface area contributed by atoms with Gasteiger partial charge in [0.1, 0.15) is 0 Å². The Bertz CT molecular complexity index is 919. The minimum atomic E-state index is -4.35. The average molecular weight is 754 g/mol. The summed E-state index contributed by atoms with van der Waals surface area (Å²) in [6, 6.07) is -1.07. The van der Waals surface area contributed by atoms with E-state index in [-0.39, 0.29) is 5.91 Å². The van der Waals surface area contributed by atoms with Crippen LogP contribution in [0.5, 0.6) is 0 Å². The Morgan fingerprint density at radius 1 is 0.500 bits per heavy atom. The van der Waals surface area contributed by atoms with E-state index in [2.05, 4.69) is 31.3 Å². The van der Waals surface area contributed by atoms with Gasteiger partial charge in [0.05, 0.1) is 17.9 Å². The molecule has 1 amide bonds. The van der Waals surface area contributed by atoms with Crippen LogP contribution in [0.15, 0.2) is 24.3 Å². The number of hydrogen-bond acceptors (Lipinski definition) is 4. The van der Waals surface area contributed by atoms with Crippen LogP contribution >= 0.6 is 0 Å². The van der Waals surface area contributed by atoms with Crippen LogP contribution in [0.3, 0.4) is 0 Å². The highest BCUT2D eigenvalue weighted by Crippen LogP contribution is 2.16. The average Bonchev–Trinajstić information content (AvgIpc) is 3.11. The van der Waals surface area contributed by atoms with Crippen molar-refractivity contribution in [2.75, 3.05) is 5.75 Å². The molecule has 0 aromatic heterocycles. The molecular formula is C45H87NO5S. The second kappa shape index (κ2) is 39.5. The number of unbranched alkanes of at least 4 members (excludes halogenated alkanes) is 31. The number of rotatable bonds is 41. The first-order valence-electron chi connectivity index (χ1n) is 22.5. The third kappa shape index (κ3) is 40.0. The fraction of sp³-hybridized carbons (Fsp3) is 0.889. The van der Waals surface area contributed by atoms with Crippen LogP contribution in [-0.2, 0) is 14.9 Å². The van der Waals surface area contributed by atoms with Gasteiger partial charge in [0.25, 0.3) is 10.1 Å². The number of nitrogens with one attached hydrogen (secondary N) is 1. The number of aliphatic hydroxyl groups excluding tert-OH is 1. The molecule has 2 atom stereocenters. The molecule has 2 unspecified atom stereocenters. The van der Waals surface area contributed by atoms with Crippen LogP contribution in [0.25, 0.3) is 0 Å². The van der Waals surface area contributed by atoms with Crippen LogP contribution in [0.1, 0.15) is 239 Å². The fourth-order valence-corrected chi connectivity index (χ4v) is 7.73. The second-order valence-electron chi connectivity index (χ2n) is 15.7. The van der Waals surface area contributed by atoms with Gasteiger partial charge in [-0.1, -0.05) is 224 Å². The van der Waals surface area contributed by atoms with Crippen LogP contribution in [0, 0.1) is 0 Å². The third-order valence-corrected chi connectivity index (χ3v) is 11.2. The summed E-state index contributed by atoms with van der Waals surface area (Å²) in [7, 11) is -4.35. The van der Waals surface area contributed by atoms with Gasteiger partial charge >= 0.3 is 0 Å². The van der Waals surface area contributed by atoms with Gasteiger partial charge in [-0.25, -0.2) is 0 Å². The number of amides is 1. The molecule has 3 N–H and O–H groups in total. The molecule has 0 aromatic rings. The summed E-state index contributed by atoms with van der Waals surface area (Å²) in [5.41, 5.74) is 0. The van der Waals surface area contributed by atoms with E-state index in [9.17, 15) is 22.9 Å². The normalized spacial score (nSPS) is 13.4. The van der Waals surface area contributed by atoms with Crippen molar-refractivity contribution in [1.82, 2.24) is 5.32 Å². The monoisotopic (exact) mass is 754 g/mol. The van der Waals surface area contributed by atoms with Crippen molar-refractivity contribution in [3.8, 4) is 0 Å². The van der Waals surface area contributed by atoms with E-state index in [4.69, 9.17) is 0 Å².